The first-order chi connectivity index (χ1) is 9.16. The molecule has 1 aliphatic heterocycles. The van der Waals surface area contributed by atoms with Gasteiger partial charge in [0.2, 0.25) is 0 Å². The lowest BCUT2D eigenvalue weighted by molar-refractivity contribution is 0.138. The Kier molecular flexibility index (Phi) is 4.86. The van der Waals surface area contributed by atoms with Crippen LogP contribution in [0.25, 0.3) is 0 Å². The van der Waals surface area contributed by atoms with Crippen molar-refractivity contribution in [3.05, 3.63) is 12.7 Å². The van der Waals surface area contributed by atoms with Gasteiger partial charge in [-0.3, -0.25) is 4.90 Å². The molecule has 2 heterocycles. The number of aromatic nitrogens is 3. The van der Waals surface area contributed by atoms with Crippen LogP contribution in [0.1, 0.15) is 13.8 Å². The first-order valence-corrected chi connectivity index (χ1v) is 6.76. The summed E-state index contributed by atoms with van der Waals surface area (Å²) < 4.78 is 1.29. The van der Waals surface area contributed by atoms with Crippen LogP contribution in [0.15, 0.2) is 12.7 Å². The first kappa shape index (κ1) is 14.0. The highest BCUT2D eigenvalue weighted by Gasteiger charge is 2.22. The van der Waals surface area contributed by atoms with E-state index < -0.39 is 0 Å². The number of nitrogens with zero attached hydrogens (tertiary/aromatic N) is 5. The molecule has 0 aromatic carbocycles. The monoisotopic (exact) mass is 266 g/mol. The van der Waals surface area contributed by atoms with Gasteiger partial charge in [-0.15, -0.1) is 0 Å². The molecule has 1 aromatic rings. The molecule has 1 aromatic heterocycles. The molecule has 1 amide bonds. The molecular weight excluding hydrogens is 244 g/mol. The number of hydrogen-bond acceptors (Lipinski definition) is 5. The van der Waals surface area contributed by atoms with Crippen molar-refractivity contribution >= 4 is 6.03 Å². The topological polar surface area (TPSA) is 66.3 Å². The van der Waals surface area contributed by atoms with Gasteiger partial charge in [-0.1, -0.05) is 13.8 Å². The molecule has 2 rings (SSSR count). The van der Waals surface area contributed by atoms with Gasteiger partial charge in [0.15, 0.2) is 0 Å². The van der Waals surface area contributed by atoms with E-state index in [-0.39, 0.29) is 6.03 Å². The van der Waals surface area contributed by atoms with Crippen molar-refractivity contribution in [2.45, 2.75) is 19.9 Å². The fraction of sp³-hybridized carbons (Fsp3) is 0.750. The lowest BCUT2D eigenvalue weighted by Gasteiger charge is -2.34. The number of hydrogen-bond donors (Lipinski definition) is 1. The van der Waals surface area contributed by atoms with Gasteiger partial charge in [0.05, 0.1) is 0 Å². The third-order valence-electron chi connectivity index (χ3n) is 3.24. The lowest BCUT2D eigenvalue weighted by atomic mass is 10.3. The third kappa shape index (κ3) is 4.00. The van der Waals surface area contributed by atoms with E-state index in [4.69, 9.17) is 0 Å². The van der Waals surface area contributed by atoms with Gasteiger partial charge in [0.1, 0.15) is 12.7 Å². The zero-order valence-electron chi connectivity index (χ0n) is 11.6. The summed E-state index contributed by atoms with van der Waals surface area (Å²) in [6.07, 6.45) is 2.83. The van der Waals surface area contributed by atoms with E-state index in [1.807, 2.05) is 4.90 Å². The molecule has 0 unspecified atom stereocenters. The van der Waals surface area contributed by atoms with E-state index >= 15 is 0 Å². The molecule has 106 valence electrons. The fourth-order valence-corrected chi connectivity index (χ4v) is 2.13. The largest absolute Gasteiger partial charge is 0.346 e. The normalized spacial score (nSPS) is 17.1. The summed E-state index contributed by atoms with van der Waals surface area (Å²) in [4.78, 5) is 20.0. The van der Waals surface area contributed by atoms with E-state index in [2.05, 4.69) is 34.1 Å². The summed E-state index contributed by atoms with van der Waals surface area (Å²) in [6, 6.07) is 0.438. The minimum absolute atomic E-state index is 0.0857. The van der Waals surface area contributed by atoms with Gasteiger partial charge < -0.3 is 10.2 Å². The molecule has 1 saturated heterocycles. The van der Waals surface area contributed by atoms with E-state index in [0.717, 1.165) is 39.3 Å². The van der Waals surface area contributed by atoms with Crippen LogP contribution in [0.3, 0.4) is 0 Å². The van der Waals surface area contributed by atoms with Gasteiger partial charge in [0.25, 0.3) is 0 Å². The maximum absolute atomic E-state index is 12.0. The van der Waals surface area contributed by atoms with Crippen LogP contribution >= 0.6 is 0 Å². The highest BCUT2D eigenvalue weighted by Crippen LogP contribution is 2.03. The molecule has 0 bridgehead atoms. The Balaban J connectivity index is 1.72. The summed E-state index contributed by atoms with van der Waals surface area (Å²) in [6.45, 7) is 9.66. The second-order valence-electron chi connectivity index (χ2n) is 5.06. The summed E-state index contributed by atoms with van der Waals surface area (Å²) >= 11 is 0. The SMILES string of the molecule is CC(C)NCCN1CCN(C(=O)n2cncn2)CC1. The Labute approximate surface area is 113 Å². The van der Waals surface area contributed by atoms with Crippen LogP contribution in [-0.2, 0) is 0 Å². The highest BCUT2D eigenvalue weighted by atomic mass is 16.2. The average molecular weight is 266 g/mol. The van der Waals surface area contributed by atoms with Crippen molar-refractivity contribution in [3.63, 3.8) is 0 Å². The molecule has 0 atom stereocenters. The Bertz CT molecular complexity index is 383. The van der Waals surface area contributed by atoms with Crippen molar-refractivity contribution in [3.8, 4) is 0 Å². The molecule has 1 N–H and O–H groups in total. The van der Waals surface area contributed by atoms with Gasteiger partial charge in [-0.25, -0.2) is 9.78 Å². The van der Waals surface area contributed by atoms with E-state index in [1.54, 1.807) is 0 Å². The smallest absolute Gasteiger partial charge is 0.320 e. The molecule has 0 saturated carbocycles. The minimum atomic E-state index is -0.0857. The number of rotatable bonds is 4. The Morgan fingerprint density at radius 1 is 1.32 bits per heavy atom. The van der Waals surface area contributed by atoms with Crippen LogP contribution < -0.4 is 5.32 Å². The van der Waals surface area contributed by atoms with Crippen LogP contribution in [-0.4, -0.2) is 75.9 Å². The lowest BCUT2D eigenvalue weighted by Crippen LogP contribution is -2.51. The van der Waals surface area contributed by atoms with Crippen LogP contribution in [0.4, 0.5) is 4.79 Å². The van der Waals surface area contributed by atoms with Crippen molar-refractivity contribution in [2.24, 2.45) is 0 Å². The first-order valence-electron chi connectivity index (χ1n) is 6.76. The third-order valence-corrected chi connectivity index (χ3v) is 3.24. The van der Waals surface area contributed by atoms with Gasteiger partial charge in [-0.05, 0) is 0 Å². The fourth-order valence-electron chi connectivity index (χ4n) is 2.13. The summed E-state index contributed by atoms with van der Waals surface area (Å²) in [5.41, 5.74) is 0. The van der Waals surface area contributed by atoms with Crippen molar-refractivity contribution in [2.75, 3.05) is 39.3 Å². The van der Waals surface area contributed by atoms with Crippen molar-refractivity contribution in [1.29, 1.82) is 0 Å². The number of amides is 1. The summed E-state index contributed by atoms with van der Waals surface area (Å²) in [5, 5.41) is 7.27. The van der Waals surface area contributed by atoms with Gasteiger partial charge in [0, 0.05) is 45.3 Å². The summed E-state index contributed by atoms with van der Waals surface area (Å²) in [7, 11) is 0. The maximum Gasteiger partial charge on any atom is 0.346 e. The average Bonchev–Trinajstić information content (AvgIpc) is 2.92. The van der Waals surface area contributed by atoms with E-state index in [9.17, 15) is 4.79 Å². The zero-order chi connectivity index (χ0) is 13.7. The van der Waals surface area contributed by atoms with Crippen molar-refractivity contribution in [1.82, 2.24) is 29.9 Å². The van der Waals surface area contributed by atoms with E-state index in [1.165, 1.54) is 17.3 Å². The molecule has 0 spiro atoms. The van der Waals surface area contributed by atoms with Crippen molar-refractivity contribution < 1.29 is 4.79 Å². The Hall–Kier alpha value is -1.47. The van der Waals surface area contributed by atoms with Crippen LogP contribution in [0.5, 0.6) is 0 Å². The quantitative estimate of drug-likeness (QED) is 0.822. The number of carbonyl (C=O) groups excluding carboxylic acids is 1. The molecule has 0 radical (unpaired) electrons. The molecular formula is C12H22N6O. The molecule has 19 heavy (non-hydrogen) atoms. The Morgan fingerprint density at radius 3 is 2.63 bits per heavy atom. The molecule has 7 heteroatoms. The van der Waals surface area contributed by atoms with E-state index in [0.29, 0.717) is 6.04 Å². The molecule has 7 nitrogen and oxygen atoms in total. The minimum Gasteiger partial charge on any atom is -0.320 e. The second-order valence-corrected chi connectivity index (χ2v) is 5.06. The van der Waals surface area contributed by atoms with Crippen LogP contribution in [0, 0.1) is 0 Å². The molecule has 0 aliphatic carbocycles. The number of nitrogens with one attached hydrogen (secondary N) is 1. The summed E-state index contributed by atoms with van der Waals surface area (Å²) in [5.74, 6) is 0. The predicted molar refractivity (Wildman–Crippen MR) is 72.0 cm³/mol. The molecule has 1 aliphatic rings. The highest BCUT2D eigenvalue weighted by molar-refractivity contribution is 5.75. The maximum atomic E-state index is 12.0. The van der Waals surface area contributed by atoms with Gasteiger partial charge >= 0.3 is 6.03 Å². The zero-order valence-corrected chi connectivity index (χ0v) is 11.6. The van der Waals surface area contributed by atoms with Crippen LogP contribution in [0.2, 0.25) is 0 Å². The molecule has 1 fully saturated rings. The van der Waals surface area contributed by atoms with Gasteiger partial charge in [-0.2, -0.15) is 9.78 Å². The second kappa shape index (κ2) is 6.63. The number of piperazine rings is 1. The Morgan fingerprint density at radius 2 is 2.05 bits per heavy atom. The predicted octanol–water partition coefficient (Wildman–Crippen LogP) is -0.138. The number of carbonyl (C=O) groups is 1. The standard InChI is InChI=1S/C12H22N6O/c1-11(2)14-3-4-16-5-7-17(8-6-16)12(19)18-10-13-9-15-18/h9-11,14H,3-8H2,1-2H3.